The highest BCUT2D eigenvalue weighted by Crippen LogP contribution is 2.41. The Labute approximate surface area is 243 Å². The van der Waals surface area contributed by atoms with Gasteiger partial charge in [0, 0.05) is 43.9 Å². The van der Waals surface area contributed by atoms with Gasteiger partial charge in [0.25, 0.3) is 17.4 Å². The normalized spacial score (nSPS) is 18.8. The summed E-state index contributed by atoms with van der Waals surface area (Å²) in [6.07, 6.45) is 0.588. The Kier molecular flexibility index (Phi) is 8.94. The minimum Gasteiger partial charge on any atom is -0.507 e. The third-order valence-corrected chi connectivity index (χ3v) is 7.62. The lowest BCUT2D eigenvalue weighted by molar-refractivity contribution is -0.384. The summed E-state index contributed by atoms with van der Waals surface area (Å²) in [6.45, 7) is 5.98. The molecule has 0 spiro atoms. The molecular formula is C32H33N3O7. The molecule has 2 aliphatic rings. The van der Waals surface area contributed by atoms with E-state index in [-0.39, 0.29) is 23.6 Å². The lowest BCUT2D eigenvalue weighted by Gasteiger charge is -2.29. The van der Waals surface area contributed by atoms with Crippen molar-refractivity contribution >= 4 is 23.1 Å². The fourth-order valence-electron chi connectivity index (χ4n) is 5.43. The maximum atomic E-state index is 13.4. The average Bonchev–Trinajstić information content (AvgIpc) is 3.26. The first-order valence-corrected chi connectivity index (χ1v) is 13.9. The number of nitro groups is 1. The van der Waals surface area contributed by atoms with Crippen LogP contribution >= 0.6 is 0 Å². The van der Waals surface area contributed by atoms with Crippen molar-refractivity contribution in [1.29, 1.82) is 0 Å². The summed E-state index contributed by atoms with van der Waals surface area (Å²) in [7, 11) is 0. The summed E-state index contributed by atoms with van der Waals surface area (Å²) >= 11 is 0. The minimum atomic E-state index is -0.969. The van der Waals surface area contributed by atoms with E-state index in [9.17, 15) is 24.8 Å². The van der Waals surface area contributed by atoms with Crippen LogP contribution in [0.15, 0.2) is 78.4 Å². The molecule has 1 atom stereocenters. The number of nitrogens with zero attached hydrogens (tertiary/aromatic N) is 3. The first-order valence-electron chi connectivity index (χ1n) is 13.9. The lowest BCUT2D eigenvalue weighted by atomic mass is 9.93. The van der Waals surface area contributed by atoms with Gasteiger partial charge >= 0.3 is 0 Å². The summed E-state index contributed by atoms with van der Waals surface area (Å²) in [5.74, 6) is -1.30. The number of ketones is 1. The number of aliphatic hydroxyl groups excluding tert-OH is 1. The summed E-state index contributed by atoms with van der Waals surface area (Å²) < 4.78 is 11.3. The van der Waals surface area contributed by atoms with Gasteiger partial charge in [0.05, 0.1) is 29.8 Å². The molecule has 0 unspecified atom stereocenters. The number of ether oxygens (including phenoxy) is 2. The van der Waals surface area contributed by atoms with Crippen LogP contribution in [0, 0.1) is 17.0 Å². The second-order valence-electron chi connectivity index (χ2n) is 10.4. The van der Waals surface area contributed by atoms with E-state index in [1.54, 1.807) is 31.2 Å². The molecule has 0 aromatic heterocycles. The number of hydrogen-bond donors (Lipinski definition) is 1. The SMILES string of the molecule is Cc1cc(OCc2ccccc2)ccc1/C(O)=C1\C(=O)C(=O)N(CCCN2CCOCC2)[C@H]1c1cccc([N+](=O)[O-])c1. The van der Waals surface area contributed by atoms with E-state index in [0.717, 1.165) is 18.7 Å². The van der Waals surface area contributed by atoms with Gasteiger partial charge in [0.1, 0.15) is 18.1 Å². The molecule has 42 heavy (non-hydrogen) atoms. The molecule has 0 bridgehead atoms. The zero-order valence-corrected chi connectivity index (χ0v) is 23.4. The van der Waals surface area contributed by atoms with E-state index in [4.69, 9.17) is 9.47 Å². The number of aliphatic hydroxyl groups is 1. The highest BCUT2D eigenvalue weighted by atomic mass is 16.6. The number of aryl methyl sites for hydroxylation is 1. The maximum Gasteiger partial charge on any atom is 0.295 e. The number of carbonyl (C=O) groups is 2. The molecule has 2 heterocycles. The Morgan fingerprint density at radius 2 is 1.79 bits per heavy atom. The van der Waals surface area contributed by atoms with Crippen LogP contribution in [0.5, 0.6) is 5.75 Å². The van der Waals surface area contributed by atoms with Crippen molar-refractivity contribution in [2.75, 3.05) is 39.4 Å². The molecule has 218 valence electrons. The van der Waals surface area contributed by atoms with Gasteiger partial charge in [0.15, 0.2) is 0 Å². The van der Waals surface area contributed by atoms with Crippen LogP contribution < -0.4 is 4.74 Å². The van der Waals surface area contributed by atoms with Crippen molar-refractivity contribution in [3.63, 3.8) is 0 Å². The molecule has 5 rings (SSSR count). The maximum absolute atomic E-state index is 13.4. The molecule has 0 radical (unpaired) electrons. The van der Waals surface area contributed by atoms with E-state index in [2.05, 4.69) is 4.90 Å². The van der Waals surface area contributed by atoms with E-state index in [0.29, 0.717) is 55.2 Å². The second kappa shape index (κ2) is 13.0. The van der Waals surface area contributed by atoms with E-state index < -0.39 is 22.7 Å². The quantitative estimate of drug-likeness (QED) is 0.123. The number of benzene rings is 3. The molecule has 1 amide bonds. The Morgan fingerprint density at radius 1 is 1.02 bits per heavy atom. The molecule has 2 fully saturated rings. The van der Waals surface area contributed by atoms with Gasteiger partial charge in [-0.15, -0.1) is 0 Å². The van der Waals surface area contributed by atoms with Crippen molar-refractivity contribution in [1.82, 2.24) is 9.80 Å². The number of carbonyl (C=O) groups excluding carboxylic acids is 2. The summed E-state index contributed by atoms with van der Waals surface area (Å²) in [4.78, 5) is 41.5. The molecular weight excluding hydrogens is 538 g/mol. The van der Waals surface area contributed by atoms with Crippen LogP contribution in [0.3, 0.4) is 0 Å². The van der Waals surface area contributed by atoms with Crippen LogP contribution in [0.25, 0.3) is 5.76 Å². The smallest absolute Gasteiger partial charge is 0.295 e. The topological polar surface area (TPSA) is 122 Å². The van der Waals surface area contributed by atoms with E-state index in [1.807, 2.05) is 30.3 Å². The Hall–Kier alpha value is -4.54. The number of amides is 1. The molecule has 3 aromatic rings. The Bertz CT molecular complexity index is 1500. The fraction of sp³-hybridized carbons (Fsp3) is 0.312. The van der Waals surface area contributed by atoms with Crippen molar-refractivity contribution < 1.29 is 29.1 Å². The Morgan fingerprint density at radius 3 is 2.50 bits per heavy atom. The highest BCUT2D eigenvalue weighted by molar-refractivity contribution is 6.46. The number of nitro benzene ring substituents is 1. The van der Waals surface area contributed by atoms with Crippen molar-refractivity contribution in [3.05, 3.63) is 111 Å². The van der Waals surface area contributed by atoms with Crippen LogP contribution in [-0.2, 0) is 20.9 Å². The molecule has 2 aliphatic heterocycles. The summed E-state index contributed by atoms with van der Waals surface area (Å²) in [5, 5.41) is 23.1. The van der Waals surface area contributed by atoms with Gasteiger partial charge in [-0.05, 0) is 48.2 Å². The zero-order chi connectivity index (χ0) is 29.6. The number of morpholine rings is 1. The Balaban J connectivity index is 1.46. The molecule has 2 saturated heterocycles. The standard InChI is InChI=1S/C32H33N3O7/c1-22-19-26(42-21-23-7-3-2-4-8-23)11-12-27(22)30(36)28-29(24-9-5-10-25(20-24)35(39)40)34(32(38)31(28)37)14-6-13-33-15-17-41-18-16-33/h2-5,7-12,19-20,29,36H,6,13-18,21H2,1H3/b30-28+/t29-/m0/s1. The monoisotopic (exact) mass is 571 g/mol. The molecule has 3 aromatic carbocycles. The third-order valence-electron chi connectivity index (χ3n) is 7.62. The molecule has 0 saturated carbocycles. The van der Waals surface area contributed by atoms with Gasteiger partial charge in [0.2, 0.25) is 0 Å². The fourth-order valence-corrected chi connectivity index (χ4v) is 5.43. The first-order chi connectivity index (χ1) is 20.3. The zero-order valence-electron chi connectivity index (χ0n) is 23.4. The predicted octanol–water partition coefficient (Wildman–Crippen LogP) is 4.63. The highest BCUT2D eigenvalue weighted by Gasteiger charge is 2.46. The van der Waals surface area contributed by atoms with Gasteiger partial charge in [-0.1, -0.05) is 42.5 Å². The molecule has 10 nitrogen and oxygen atoms in total. The van der Waals surface area contributed by atoms with Crippen molar-refractivity contribution in [2.24, 2.45) is 0 Å². The van der Waals surface area contributed by atoms with Crippen molar-refractivity contribution in [2.45, 2.75) is 26.0 Å². The second-order valence-corrected chi connectivity index (χ2v) is 10.4. The van der Waals surface area contributed by atoms with Gasteiger partial charge in [-0.2, -0.15) is 0 Å². The lowest BCUT2D eigenvalue weighted by Crippen LogP contribution is -2.39. The number of Topliss-reactive ketones (excluding diaryl/α,β-unsaturated/α-hetero) is 1. The number of rotatable bonds is 10. The minimum absolute atomic E-state index is 0.0899. The molecule has 0 aliphatic carbocycles. The number of likely N-dealkylation sites (tertiary alicyclic amines) is 1. The van der Waals surface area contributed by atoms with Gasteiger partial charge in [-0.25, -0.2) is 0 Å². The van der Waals surface area contributed by atoms with Crippen molar-refractivity contribution in [3.8, 4) is 5.75 Å². The summed E-state index contributed by atoms with van der Waals surface area (Å²) in [6, 6.07) is 19.7. The molecule has 1 N–H and O–H groups in total. The van der Waals surface area contributed by atoms with Crippen LogP contribution in [0.4, 0.5) is 5.69 Å². The third kappa shape index (κ3) is 6.35. The average molecular weight is 572 g/mol. The van der Waals surface area contributed by atoms with Crippen LogP contribution in [0.1, 0.15) is 34.7 Å². The van der Waals surface area contributed by atoms with E-state index in [1.165, 1.54) is 23.1 Å². The van der Waals surface area contributed by atoms with Gasteiger partial charge < -0.3 is 19.5 Å². The summed E-state index contributed by atoms with van der Waals surface area (Å²) in [5.41, 5.74) is 2.16. The van der Waals surface area contributed by atoms with Crippen LogP contribution in [0.2, 0.25) is 0 Å². The van der Waals surface area contributed by atoms with Crippen LogP contribution in [-0.4, -0.2) is 70.9 Å². The molecule has 10 heteroatoms. The van der Waals surface area contributed by atoms with Gasteiger partial charge in [-0.3, -0.25) is 24.6 Å². The predicted molar refractivity (Wildman–Crippen MR) is 156 cm³/mol. The number of hydrogen-bond acceptors (Lipinski definition) is 8. The van der Waals surface area contributed by atoms with E-state index >= 15 is 0 Å². The first kappa shape index (κ1) is 29.0. The largest absolute Gasteiger partial charge is 0.507 e. The number of non-ortho nitro benzene ring substituents is 1.